The van der Waals surface area contributed by atoms with Crippen LogP contribution in [0.1, 0.15) is 25.0 Å². The lowest BCUT2D eigenvalue weighted by Gasteiger charge is -2.21. The smallest absolute Gasteiger partial charge is 0.0991 e. The van der Waals surface area contributed by atoms with Gasteiger partial charge in [0.2, 0.25) is 0 Å². The van der Waals surface area contributed by atoms with Crippen LogP contribution in [-0.4, -0.2) is 42.3 Å². The molecule has 0 heterocycles. The topological polar surface area (TPSA) is 59.3 Å². The Labute approximate surface area is 115 Å². The van der Waals surface area contributed by atoms with Gasteiger partial charge in [0, 0.05) is 25.7 Å². The number of nitriles is 1. The van der Waals surface area contributed by atoms with Gasteiger partial charge in [0.25, 0.3) is 0 Å². The molecule has 0 saturated carbocycles. The highest BCUT2D eigenvalue weighted by molar-refractivity contribution is 5.32. The molecule has 0 aromatic heterocycles. The summed E-state index contributed by atoms with van der Waals surface area (Å²) in [7, 11) is 1.97. The fourth-order valence-corrected chi connectivity index (χ4v) is 1.91. The number of benzene rings is 1. The van der Waals surface area contributed by atoms with Gasteiger partial charge in [-0.05, 0) is 24.7 Å². The first-order chi connectivity index (χ1) is 9.01. The quantitative estimate of drug-likeness (QED) is 0.778. The molecule has 0 aliphatic rings. The van der Waals surface area contributed by atoms with Gasteiger partial charge in [-0.2, -0.15) is 5.26 Å². The minimum Gasteiger partial charge on any atom is -0.390 e. The van der Waals surface area contributed by atoms with E-state index in [-0.39, 0.29) is 6.10 Å². The number of hydrogen-bond acceptors (Lipinski definition) is 4. The molecule has 0 aliphatic carbocycles. The van der Waals surface area contributed by atoms with Crippen LogP contribution in [0, 0.1) is 11.3 Å². The third-order valence-corrected chi connectivity index (χ3v) is 2.79. The molecule has 4 heteroatoms. The Morgan fingerprint density at radius 1 is 1.42 bits per heavy atom. The van der Waals surface area contributed by atoms with Gasteiger partial charge in [-0.1, -0.05) is 26.0 Å². The molecule has 0 fully saturated rings. The molecule has 0 aliphatic heterocycles. The zero-order valence-corrected chi connectivity index (χ0v) is 11.9. The number of nitrogens with one attached hydrogen (secondary N) is 1. The lowest BCUT2D eigenvalue weighted by atomic mass is 10.1. The van der Waals surface area contributed by atoms with E-state index < -0.39 is 0 Å². The standard InChI is InChI=1S/C15H23N3O/c1-12(2)17-9-15(19)11-18(3)10-14-6-4-5-13(7-14)8-16/h4-7,12,15,17,19H,9-11H2,1-3H3. The molecule has 2 N–H and O–H groups in total. The average molecular weight is 261 g/mol. The van der Waals surface area contributed by atoms with Crippen molar-refractivity contribution in [3.63, 3.8) is 0 Å². The Morgan fingerprint density at radius 3 is 2.79 bits per heavy atom. The molecule has 1 unspecified atom stereocenters. The molecule has 104 valence electrons. The van der Waals surface area contributed by atoms with Gasteiger partial charge in [-0.3, -0.25) is 4.90 Å². The molecule has 0 amide bonds. The third kappa shape index (κ3) is 6.35. The van der Waals surface area contributed by atoms with Crippen LogP contribution >= 0.6 is 0 Å². The van der Waals surface area contributed by atoms with E-state index in [1.165, 1.54) is 0 Å². The summed E-state index contributed by atoms with van der Waals surface area (Å²) >= 11 is 0. The number of nitrogens with zero attached hydrogens (tertiary/aromatic N) is 2. The number of likely N-dealkylation sites (N-methyl/N-ethyl adjacent to an activating group) is 1. The second kappa shape index (κ2) is 7.90. The van der Waals surface area contributed by atoms with Crippen molar-refractivity contribution < 1.29 is 5.11 Å². The Bertz CT molecular complexity index is 426. The van der Waals surface area contributed by atoms with Gasteiger partial charge in [-0.15, -0.1) is 0 Å². The van der Waals surface area contributed by atoms with Gasteiger partial charge in [0.15, 0.2) is 0 Å². The van der Waals surface area contributed by atoms with Crippen molar-refractivity contribution in [3.8, 4) is 6.07 Å². The summed E-state index contributed by atoms with van der Waals surface area (Å²) in [6.45, 7) is 6.05. The molecule has 0 radical (unpaired) electrons. The van der Waals surface area contributed by atoms with Crippen molar-refractivity contribution in [2.45, 2.75) is 32.5 Å². The van der Waals surface area contributed by atoms with Crippen molar-refractivity contribution >= 4 is 0 Å². The normalized spacial score (nSPS) is 12.7. The van der Waals surface area contributed by atoms with Crippen LogP contribution in [0.4, 0.5) is 0 Å². The van der Waals surface area contributed by atoms with E-state index in [9.17, 15) is 5.11 Å². The van der Waals surface area contributed by atoms with Gasteiger partial charge >= 0.3 is 0 Å². The molecule has 1 aromatic rings. The van der Waals surface area contributed by atoms with Crippen LogP contribution < -0.4 is 5.32 Å². The van der Waals surface area contributed by atoms with E-state index >= 15 is 0 Å². The van der Waals surface area contributed by atoms with E-state index in [1.54, 1.807) is 6.07 Å². The van der Waals surface area contributed by atoms with Crippen molar-refractivity contribution in [1.29, 1.82) is 5.26 Å². The Hall–Kier alpha value is -1.41. The first-order valence-electron chi connectivity index (χ1n) is 6.60. The minimum atomic E-state index is -0.383. The van der Waals surface area contributed by atoms with Crippen molar-refractivity contribution in [2.75, 3.05) is 20.1 Å². The maximum Gasteiger partial charge on any atom is 0.0991 e. The van der Waals surface area contributed by atoms with Crippen LogP contribution in [-0.2, 0) is 6.54 Å². The fraction of sp³-hybridized carbons (Fsp3) is 0.533. The molecule has 4 nitrogen and oxygen atoms in total. The van der Waals surface area contributed by atoms with E-state index in [4.69, 9.17) is 5.26 Å². The zero-order valence-electron chi connectivity index (χ0n) is 11.9. The summed E-state index contributed by atoms with van der Waals surface area (Å²) in [4.78, 5) is 2.06. The monoisotopic (exact) mass is 261 g/mol. The summed E-state index contributed by atoms with van der Waals surface area (Å²) in [5, 5.41) is 22.0. The summed E-state index contributed by atoms with van der Waals surface area (Å²) < 4.78 is 0. The predicted molar refractivity (Wildman–Crippen MR) is 76.6 cm³/mol. The van der Waals surface area contributed by atoms with Crippen molar-refractivity contribution in [1.82, 2.24) is 10.2 Å². The van der Waals surface area contributed by atoms with E-state index in [2.05, 4.69) is 30.1 Å². The maximum absolute atomic E-state index is 9.89. The summed E-state index contributed by atoms with van der Waals surface area (Å²) in [6.07, 6.45) is -0.383. The number of aliphatic hydroxyl groups excluding tert-OH is 1. The molecule has 0 bridgehead atoms. The predicted octanol–water partition coefficient (Wildman–Crippen LogP) is 1.35. The highest BCUT2D eigenvalue weighted by atomic mass is 16.3. The molecule has 1 aromatic carbocycles. The van der Waals surface area contributed by atoms with E-state index in [0.717, 1.165) is 12.1 Å². The zero-order chi connectivity index (χ0) is 14.3. The third-order valence-electron chi connectivity index (χ3n) is 2.79. The highest BCUT2D eigenvalue weighted by Crippen LogP contribution is 2.07. The largest absolute Gasteiger partial charge is 0.390 e. The van der Waals surface area contributed by atoms with Gasteiger partial charge < -0.3 is 10.4 Å². The number of hydrogen-bond donors (Lipinski definition) is 2. The highest BCUT2D eigenvalue weighted by Gasteiger charge is 2.09. The molecular weight excluding hydrogens is 238 g/mol. The SMILES string of the molecule is CC(C)NCC(O)CN(C)Cc1cccc(C#N)c1. The Kier molecular flexibility index (Phi) is 6.51. The molecule has 1 rings (SSSR count). The van der Waals surface area contributed by atoms with E-state index in [0.29, 0.717) is 24.7 Å². The molecular formula is C15H23N3O. The van der Waals surface area contributed by atoms with Crippen LogP contribution in [0.3, 0.4) is 0 Å². The lowest BCUT2D eigenvalue weighted by molar-refractivity contribution is 0.119. The second-order valence-electron chi connectivity index (χ2n) is 5.23. The fourth-order valence-electron chi connectivity index (χ4n) is 1.91. The van der Waals surface area contributed by atoms with Gasteiger partial charge in [0.05, 0.1) is 17.7 Å². The minimum absolute atomic E-state index is 0.382. The summed E-state index contributed by atoms with van der Waals surface area (Å²) in [6, 6.07) is 10.1. The number of aliphatic hydroxyl groups is 1. The molecule has 0 spiro atoms. The Morgan fingerprint density at radius 2 is 2.16 bits per heavy atom. The first kappa shape index (κ1) is 15.6. The molecule has 0 saturated heterocycles. The van der Waals surface area contributed by atoms with Crippen LogP contribution in [0.2, 0.25) is 0 Å². The lowest BCUT2D eigenvalue weighted by Crippen LogP contribution is -2.38. The van der Waals surface area contributed by atoms with Crippen molar-refractivity contribution in [3.05, 3.63) is 35.4 Å². The van der Waals surface area contributed by atoms with E-state index in [1.807, 2.05) is 25.2 Å². The summed E-state index contributed by atoms with van der Waals surface area (Å²) in [5.74, 6) is 0. The van der Waals surface area contributed by atoms with Crippen molar-refractivity contribution in [2.24, 2.45) is 0 Å². The second-order valence-corrected chi connectivity index (χ2v) is 5.23. The van der Waals surface area contributed by atoms with Gasteiger partial charge in [-0.25, -0.2) is 0 Å². The average Bonchev–Trinajstić information content (AvgIpc) is 2.36. The molecule has 19 heavy (non-hydrogen) atoms. The van der Waals surface area contributed by atoms with Crippen LogP contribution in [0.15, 0.2) is 24.3 Å². The maximum atomic E-state index is 9.89. The first-order valence-corrected chi connectivity index (χ1v) is 6.60. The van der Waals surface area contributed by atoms with Crippen LogP contribution in [0.25, 0.3) is 0 Å². The summed E-state index contributed by atoms with van der Waals surface area (Å²) in [5.41, 5.74) is 1.76. The number of rotatable bonds is 7. The Balaban J connectivity index is 2.42. The molecule has 1 atom stereocenters. The van der Waals surface area contributed by atoms with Crippen LogP contribution in [0.5, 0.6) is 0 Å². The van der Waals surface area contributed by atoms with Gasteiger partial charge in [0.1, 0.15) is 0 Å².